The summed E-state index contributed by atoms with van der Waals surface area (Å²) in [4.78, 5) is 10.6. The van der Waals surface area contributed by atoms with E-state index in [4.69, 9.17) is 5.11 Å². The van der Waals surface area contributed by atoms with Gasteiger partial charge in [0.2, 0.25) is 0 Å². The van der Waals surface area contributed by atoms with Gasteiger partial charge in [0.05, 0.1) is 6.10 Å². The molecule has 0 radical (unpaired) electrons. The molecule has 66 valence electrons. The molecule has 1 atom stereocenters. The van der Waals surface area contributed by atoms with Crippen molar-refractivity contribution in [1.29, 1.82) is 0 Å². The largest absolute Gasteiger partial charge is 0.478 e. The lowest BCUT2D eigenvalue weighted by Crippen LogP contribution is -2.06. The van der Waals surface area contributed by atoms with E-state index in [1.165, 1.54) is 0 Å². The first-order valence-electron chi connectivity index (χ1n) is 3.91. The van der Waals surface area contributed by atoms with Crippen molar-refractivity contribution in [3.05, 3.63) is 23.8 Å². The van der Waals surface area contributed by atoms with E-state index in [0.717, 1.165) is 0 Å². The topological polar surface area (TPSA) is 57.5 Å². The van der Waals surface area contributed by atoms with Crippen molar-refractivity contribution in [2.45, 2.75) is 25.4 Å². The molecule has 0 aliphatic heterocycles. The van der Waals surface area contributed by atoms with Crippen LogP contribution in [-0.4, -0.2) is 22.3 Å². The molecule has 0 aromatic carbocycles. The Balaban J connectivity index is 2.89. The van der Waals surface area contributed by atoms with Crippen molar-refractivity contribution in [1.82, 2.24) is 0 Å². The predicted molar refractivity (Wildman–Crippen MR) is 44.7 cm³/mol. The summed E-state index contributed by atoms with van der Waals surface area (Å²) >= 11 is 0. The van der Waals surface area contributed by atoms with E-state index in [2.05, 4.69) is 6.58 Å². The third-order valence-electron chi connectivity index (χ3n) is 2.08. The number of aliphatic hydroxyl groups is 1. The van der Waals surface area contributed by atoms with Crippen LogP contribution >= 0.6 is 0 Å². The highest BCUT2D eigenvalue weighted by Crippen LogP contribution is 2.29. The highest BCUT2D eigenvalue weighted by atomic mass is 16.4. The quantitative estimate of drug-likeness (QED) is 0.620. The number of rotatable bonds is 3. The zero-order valence-electron chi connectivity index (χ0n) is 6.79. The van der Waals surface area contributed by atoms with Gasteiger partial charge in [0.1, 0.15) is 0 Å². The summed E-state index contributed by atoms with van der Waals surface area (Å²) in [6.45, 7) is 3.51. The van der Waals surface area contributed by atoms with Crippen molar-refractivity contribution in [3.63, 3.8) is 0 Å². The third-order valence-corrected chi connectivity index (χ3v) is 2.08. The fourth-order valence-corrected chi connectivity index (χ4v) is 1.48. The molecule has 0 fully saturated rings. The van der Waals surface area contributed by atoms with E-state index in [0.29, 0.717) is 30.4 Å². The van der Waals surface area contributed by atoms with Crippen LogP contribution in [0.4, 0.5) is 0 Å². The van der Waals surface area contributed by atoms with Gasteiger partial charge in [-0.1, -0.05) is 6.08 Å². The highest BCUT2D eigenvalue weighted by molar-refractivity contribution is 5.88. The lowest BCUT2D eigenvalue weighted by molar-refractivity contribution is -0.132. The van der Waals surface area contributed by atoms with Gasteiger partial charge in [-0.05, 0) is 24.8 Å². The number of aliphatic hydroxyl groups excluding tert-OH is 1. The van der Waals surface area contributed by atoms with Crippen LogP contribution in [0.5, 0.6) is 0 Å². The van der Waals surface area contributed by atoms with Crippen LogP contribution < -0.4 is 0 Å². The van der Waals surface area contributed by atoms with Crippen LogP contribution in [0.15, 0.2) is 23.8 Å². The lowest BCUT2D eigenvalue weighted by Gasteiger charge is -2.05. The number of aliphatic carboxylic acids is 1. The number of hydrogen-bond donors (Lipinski definition) is 2. The van der Waals surface area contributed by atoms with Gasteiger partial charge in [-0.2, -0.15) is 0 Å². The summed E-state index contributed by atoms with van der Waals surface area (Å²) < 4.78 is 0. The summed E-state index contributed by atoms with van der Waals surface area (Å²) in [5, 5.41) is 18.1. The molecule has 1 aliphatic rings. The zero-order chi connectivity index (χ0) is 9.14. The van der Waals surface area contributed by atoms with Crippen LogP contribution in [0.2, 0.25) is 0 Å². The van der Waals surface area contributed by atoms with E-state index in [9.17, 15) is 9.90 Å². The molecule has 0 aromatic heterocycles. The molecule has 12 heavy (non-hydrogen) atoms. The minimum absolute atomic E-state index is 0.363. The molecule has 0 saturated heterocycles. The number of carboxylic acid groups (broad SMARTS) is 1. The lowest BCUT2D eigenvalue weighted by atomic mass is 10.1. The zero-order valence-corrected chi connectivity index (χ0v) is 6.79. The van der Waals surface area contributed by atoms with Crippen molar-refractivity contribution in [3.8, 4) is 0 Å². The number of carbonyl (C=O) groups is 1. The van der Waals surface area contributed by atoms with Crippen LogP contribution in [0.1, 0.15) is 19.3 Å². The Morgan fingerprint density at radius 1 is 1.75 bits per heavy atom. The molecule has 1 aliphatic carbocycles. The van der Waals surface area contributed by atoms with E-state index in [-0.39, 0.29) is 0 Å². The Labute approximate surface area is 71.0 Å². The van der Waals surface area contributed by atoms with Gasteiger partial charge in [0.15, 0.2) is 0 Å². The Morgan fingerprint density at radius 3 is 2.92 bits per heavy atom. The summed E-state index contributed by atoms with van der Waals surface area (Å²) in [6, 6.07) is 0. The molecule has 0 saturated carbocycles. The van der Waals surface area contributed by atoms with Gasteiger partial charge in [-0.3, -0.25) is 0 Å². The fourth-order valence-electron chi connectivity index (χ4n) is 1.48. The molecule has 0 aromatic rings. The maximum atomic E-state index is 10.6. The molecular weight excluding hydrogens is 156 g/mol. The smallest absolute Gasteiger partial charge is 0.331 e. The Hall–Kier alpha value is -1.09. The van der Waals surface area contributed by atoms with E-state index in [1.807, 2.05) is 0 Å². The normalized spacial score (nSPS) is 22.9. The molecule has 0 bridgehead atoms. The summed E-state index contributed by atoms with van der Waals surface area (Å²) in [5.74, 6) is -0.914. The van der Waals surface area contributed by atoms with Crippen molar-refractivity contribution >= 4 is 5.97 Å². The van der Waals surface area contributed by atoms with Crippen LogP contribution in [-0.2, 0) is 4.79 Å². The van der Waals surface area contributed by atoms with Gasteiger partial charge in [0, 0.05) is 5.57 Å². The van der Waals surface area contributed by atoms with Crippen LogP contribution in [0.25, 0.3) is 0 Å². The Bertz CT molecular complexity index is 240. The van der Waals surface area contributed by atoms with E-state index >= 15 is 0 Å². The first-order chi connectivity index (χ1) is 5.66. The molecule has 2 N–H and O–H groups in total. The second-order valence-corrected chi connectivity index (χ2v) is 2.86. The van der Waals surface area contributed by atoms with Gasteiger partial charge in [-0.25, -0.2) is 4.79 Å². The Kier molecular flexibility index (Phi) is 2.65. The van der Waals surface area contributed by atoms with Gasteiger partial charge in [-0.15, -0.1) is 6.58 Å². The highest BCUT2D eigenvalue weighted by Gasteiger charge is 2.26. The Morgan fingerprint density at radius 2 is 2.42 bits per heavy atom. The number of carboxylic acids is 1. The number of allylic oxidation sites excluding steroid dienone is 1. The molecule has 1 unspecified atom stereocenters. The molecule has 3 heteroatoms. The standard InChI is InChI=1S/C9H12O3/c1-2-3-6-7(9(11)12)4-5-8(6)10/h2,8,10H,1,3-5H2,(H,11,12). The van der Waals surface area contributed by atoms with Crippen molar-refractivity contribution in [2.24, 2.45) is 0 Å². The molecule has 3 nitrogen and oxygen atoms in total. The second-order valence-electron chi connectivity index (χ2n) is 2.86. The van der Waals surface area contributed by atoms with Crippen molar-refractivity contribution < 1.29 is 15.0 Å². The second kappa shape index (κ2) is 3.54. The summed E-state index contributed by atoms with van der Waals surface area (Å²) in [5.41, 5.74) is 0.986. The van der Waals surface area contributed by atoms with Crippen LogP contribution in [0, 0.1) is 0 Å². The summed E-state index contributed by atoms with van der Waals surface area (Å²) in [7, 11) is 0. The molecule has 0 amide bonds. The SMILES string of the molecule is C=CCC1=C(C(=O)O)CCC1O. The average Bonchev–Trinajstić information content (AvgIpc) is 2.34. The predicted octanol–water partition coefficient (Wildman–Crippen LogP) is 1.10. The summed E-state index contributed by atoms with van der Waals surface area (Å²) in [6.07, 6.45) is 2.52. The van der Waals surface area contributed by atoms with E-state index in [1.54, 1.807) is 6.08 Å². The van der Waals surface area contributed by atoms with Crippen LogP contribution in [0.3, 0.4) is 0 Å². The van der Waals surface area contributed by atoms with Crippen molar-refractivity contribution in [2.75, 3.05) is 0 Å². The first kappa shape index (κ1) is 9.00. The first-order valence-corrected chi connectivity index (χ1v) is 3.91. The van der Waals surface area contributed by atoms with Gasteiger partial charge in [0.25, 0.3) is 0 Å². The molecule has 0 spiro atoms. The maximum absolute atomic E-state index is 10.6. The fraction of sp³-hybridized carbons (Fsp3) is 0.444. The minimum atomic E-state index is -0.914. The average molecular weight is 168 g/mol. The minimum Gasteiger partial charge on any atom is -0.478 e. The third kappa shape index (κ3) is 1.56. The monoisotopic (exact) mass is 168 g/mol. The number of hydrogen-bond acceptors (Lipinski definition) is 2. The van der Waals surface area contributed by atoms with E-state index < -0.39 is 12.1 Å². The molecule has 1 rings (SSSR count). The van der Waals surface area contributed by atoms with Gasteiger partial charge < -0.3 is 10.2 Å². The molecule has 0 heterocycles. The van der Waals surface area contributed by atoms with Gasteiger partial charge >= 0.3 is 5.97 Å². The molecular formula is C9H12O3. The maximum Gasteiger partial charge on any atom is 0.331 e.